The molecule has 0 amide bonds. The van der Waals surface area contributed by atoms with Crippen molar-refractivity contribution in [1.29, 1.82) is 0 Å². The highest BCUT2D eigenvalue weighted by Gasteiger charge is 1.96. The average Bonchev–Trinajstić information content (AvgIpc) is 3.06. The van der Waals surface area contributed by atoms with Gasteiger partial charge in [-0.15, -0.1) is 0 Å². The lowest BCUT2D eigenvalue weighted by Crippen LogP contribution is -1.86. The molecule has 0 radical (unpaired) electrons. The molecule has 0 heterocycles. The second kappa shape index (κ2) is 23.8. The molecule has 0 spiro atoms. The van der Waals surface area contributed by atoms with Crippen molar-refractivity contribution in [2.24, 2.45) is 0 Å². The van der Waals surface area contributed by atoms with E-state index in [2.05, 4.69) is 233 Å². The Morgan fingerprint density at radius 2 is 0.472 bits per heavy atom. The quantitative estimate of drug-likeness (QED) is 0.147. The average molecular weight is 707 g/mol. The van der Waals surface area contributed by atoms with Crippen molar-refractivity contribution in [3.63, 3.8) is 0 Å². The molecule has 0 saturated heterocycles. The first kappa shape index (κ1) is 46.3. The van der Waals surface area contributed by atoms with E-state index < -0.39 is 0 Å². The second-order valence-corrected chi connectivity index (χ2v) is 15.1. The van der Waals surface area contributed by atoms with Gasteiger partial charge in [0.15, 0.2) is 0 Å². The Morgan fingerprint density at radius 3 is 0.792 bits per heavy atom. The second-order valence-electron chi connectivity index (χ2n) is 15.1. The molecule has 0 aliphatic carbocycles. The van der Waals surface area contributed by atoms with Crippen LogP contribution in [0.3, 0.4) is 0 Å². The van der Waals surface area contributed by atoms with Crippen molar-refractivity contribution in [1.82, 2.24) is 0 Å². The molecule has 6 rings (SSSR count). The van der Waals surface area contributed by atoms with Gasteiger partial charge in [-0.3, -0.25) is 0 Å². The maximum atomic E-state index is 2.22. The number of hydrogen-bond acceptors (Lipinski definition) is 0. The molecule has 53 heavy (non-hydrogen) atoms. The molecule has 0 fully saturated rings. The fourth-order valence-electron chi connectivity index (χ4n) is 5.69. The first-order valence-corrected chi connectivity index (χ1v) is 19.0. The molecule has 0 aliphatic rings. The third-order valence-electron chi connectivity index (χ3n) is 9.37. The van der Waals surface area contributed by atoms with Crippen LogP contribution in [0.5, 0.6) is 0 Å². The summed E-state index contributed by atoms with van der Waals surface area (Å²) in [6.45, 7) is 36.2. The summed E-state index contributed by atoms with van der Waals surface area (Å²) < 4.78 is 0. The van der Waals surface area contributed by atoms with Gasteiger partial charge < -0.3 is 0 Å². The SMILES string of the molecule is Cc1cc(C)c(C)c(C)c1.Cc1cc(C)cc(C)c1.Cc1ccc(C)c(C)c1.Cc1ccc(C)cc1.Cc1cccc(C)c1.Cc1cccc(C)c1C. The van der Waals surface area contributed by atoms with Crippen LogP contribution in [0.1, 0.15) is 94.6 Å². The van der Waals surface area contributed by atoms with E-state index in [1.807, 2.05) is 0 Å². The monoisotopic (exact) mass is 707 g/mol. The largest absolute Gasteiger partial charge is 0.0617 e. The van der Waals surface area contributed by atoms with Gasteiger partial charge in [0.25, 0.3) is 0 Å². The van der Waals surface area contributed by atoms with Crippen LogP contribution in [-0.4, -0.2) is 0 Å². The van der Waals surface area contributed by atoms with Crippen LogP contribution in [0, 0.1) is 118 Å². The number of aryl methyl sites for hydroxylation is 15. The normalized spacial score (nSPS) is 9.60. The number of rotatable bonds is 0. The number of benzene rings is 6. The Balaban J connectivity index is 0.000000318. The van der Waals surface area contributed by atoms with Crippen molar-refractivity contribution < 1.29 is 0 Å². The third kappa shape index (κ3) is 19.7. The van der Waals surface area contributed by atoms with Crippen molar-refractivity contribution in [2.45, 2.75) is 118 Å². The van der Waals surface area contributed by atoms with Crippen LogP contribution in [0.25, 0.3) is 0 Å². The minimum absolute atomic E-state index is 1.33. The van der Waals surface area contributed by atoms with E-state index in [1.54, 1.807) is 0 Å². The Kier molecular flexibility index (Phi) is 20.8. The highest BCUT2D eigenvalue weighted by molar-refractivity contribution is 5.36. The predicted octanol–water partition coefficient (Wildman–Crippen LogP) is 15.4. The van der Waals surface area contributed by atoms with Gasteiger partial charge in [0.1, 0.15) is 0 Å². The molecule has 0 aromatic heterocycles. The summed E-state index contributed by atoms with van der Waals surface area (Å²) in [6, 6.07) is 40.8. The minimum Gasteiger partial charge on any atom is -0.0617 e. The van der Waals surface area contributed by atoms with E-state index in [9.17, 15) is 0 Å². The van der Waals surface area contributed by atoms with E-state index in [0.29, 0.717) is 0 Å². The zero-order chi connectivity index (χ0) is 40.2. The molecule has 0 N–H and O–H groups in total. The topological polar surface area (TPSA) is 0 Å². The van der Waals surface area contributed by atoms with Gasteiger partial charge in [0.05, 0.1) is 0 Å². The fraction of sp³-hybridized carbons (Fsp3) is 0.321. The van der Waals surface area contributed by atoms with Gasteiger partial charge in [0.2, 0.25) is 0 Å². The van der Waals surface area contributed by atoms with Crippen LogP contribution >= 0.6 is 0 Å². The van der Waals surface area contributed by atoms with Crippen LogP contribution in [0.15, 0.2) is 115 Å². The lowest BCUT2D eigenvalue weighted by atomic mass is 10.0. The van der Waals surface area contributed by atoms with Crippen molar-refractivity contribution in [3.8, 4) is 0 Å². The fourth-order valence-corrected chi connectivity index (χ4v) is 5.69. The molecule has 0 heteroatoms. The molecule has 0 saturated carbocycles. The Hall–Kier alpha value is -4.68. The Morgan fingerprint density at radius 1 is 0.189 bits per heavy atom. The summed E-state index contributed by atoms with van der Waals surface area (Å²) in [5.41, 5.74) is 23.3. The van der Waals surface area contributed by atoms with Crippen LogP contribution < -0.4 is 0 Å². The molecule has 6 aromatic rings. The van der Waals surface area contributed by atoms with Gasteiger partial charge >= 0.3 is 0 Å². The molecular weight excluding hydrogens is 637 g/mol. The van der Waals surface area contributed by atoms with Crippen LogP contribution in [0.4, 0.5) is 0 Å². The molecule has 0 aliphatic heterocycles. The highest BCUT2D eigenvalue weighted by atomic mass is 14.0. The smallest absolute Gasteiger partial charge is 0.0392 e. The van der Waals surface area contributed by atoms with Crippen molar-refractivity contribution in [2.75, 3.05) is 0 Å². The lowest BCUT2D eigenvalue weighted by molar-refractivity contribution is 1.23. The van der Waals surface area contributed by atoms with E-state index in [1.165, 1.54) is 94.6 Å². The predicted molar refractivity (Wildman–Crippen MR) is 239 cm³/mol. The molecule has 0 unspecified atom stereocenters. The Labute approximate surface area is 326 Å². The Bertz CT molecular complexity index is 1840. The summed E-state index contributed by atoms with van der Waals surface area (Å²) >= 11 is 0. The zero-order valence-corrected chi connectivity index (χ0v) is 36.5. The third-order valence-corrected chi connectivity index (χ3v) is 9.37. The van der Waals surface area contributed by atoms with Gasteiger partial charge in [-0.1, -0.05) is 165 Å². The summed E-state index contributed by atoms with van der Waals surface area (Å²) in [5, 5.41) is 0. The molecular formula is C53H70. The summed E-state index contributed by atoms with van der Waals surface area (Å²) in [6.07, 6.45) is 0. The van der Waals surface area contributed by atoms with Gasteiger partial charge in [-0.05, 0) is 162 Å². The van der Waals surface area contributed by atoms with Gasteiger partial charge in [0, 0.05) is 0 Å². The molecule has 0 atom stereocenters. The van der Waals surface area contributed by atoms with Crippen LogP contribution in [0.2, 0.25) is 0 Å². The van der Waals surface area contributed by atoms with Gasteiger partial charge in [-0.25, -0.2) is 0 Å². The van der Waals surface area contributed by atoms with E-state index >= 15 is 0 Å². The number of hydrogen-bond donors (Lipinski definition) is 0. The van der Waals surface area contributed by atoms with E-state index in [-0.39, 0.29) is 0 Å². The molecule has 282 valence electrons. The summed E-state index contributed by atoms with van der Waals surface area (Å²) in [4.78, 5) is 0. The van der Waals surface area contributed by atoms with Crippen molar-refractivity contribution >= 4 is 0 Å². The summed E-state index contributed by atoms with van der Waals surface area (Å²) in [7, 11) is 0. The van der Waals surface area contributed by atoms with E-state index in [0.717, 1.165) is 0 Å². The highest BCUT2D eigenvalue weighted by Crippen LogP contribution is 2.14. The van der Waals surface area contributed by atoms with Crippen LogP contribution in [-0.2, 0) is 0 Å². The minimum atomic E-state index is 1.33. The van der Waals surface area contributed by atoms with Gasteiger partial charge in [-0.2, -0.15) is 0 Å². The lowest BCUT2D eigenvalue weighted by Gasteiger charge is -2.04. The first-order valence-electron chi connectivity index (χ1n) is 19.0. The maximum absolute atomic E-state index is 2.22. The molecule has 6 aromatic carbocycles. The molecule has 0 bridgehead atoms. The van der Waals surface area contributed by atoms with E-state index in [4.69, 9.17) is 0 Å². The molecule has 0 nitrogen and oxygen atoms in total. The first-order chi connectivity index (χ1) is 24.8. The zero-order valence-electron chi connectivity index (χ0n) is 36.5. The maximum Gasteiger partial charge on any atom is -0.0392 e. The van der Waals surface area contributed by atoms with Crippen molar-refractivity contribution in [3.05, 3.63) is 210 Å². The summed E-state index contributed by atoms with van der Waals surface area (Å²) in [5.74, 6) is 0. The standard InChI is InChI=1S/C10H14.3C9H12.2C8H10/c1-7-5-8(2)10(4)9(3)6-7;1-7-4-8(2)6-9(3)5-7;1-7-4-5-8(2)9(3)6-7;1-7-5-4-6-8(2)9(7)3;1-7-3-5-8(2)6-4-7;1-7-4-3-5-8(2)6-7/h5-6H,1-4H3;3*4-6H,1-3H3;2*3-6H,1-2H3.